The number of benzene rings is 2. The van der Waals surface area contributed by atoms with Gasteiger partial charge < -0.3 is 15.4 Å². The van der Waals surface area contributed by atoms with Crippen LogP contribution in [0.5, 0.6) is 5.75 Å². The van der Waals surface area contributed by atoms with Gasteiger partial charge in [0.2, 0.25) is 10.0 Å². The van der Waals surface area contributed by atoms with Crippen LogP contribution in [0.1, 0.15) is 11.1 Å². The van der Waals surface area contributed by atoms with Crippen LogP contribution in [-0.4, -0.2) is 34.6 Å². The van der Waals surface area contributed by atoms with Gasteiger partial charge in [0.25, 0.3) is 0 Å². The number of nitrogens with zero attached hydrogens (tertiary/aromatic N) is 1. The van der Waals surface area contributed by atoms with Crippen molar-refractivity contribution in [2.45, 2.75) is 18.4 Å². The van der Waals surface area contributed by atoms with E-state index in [4.69, 9.17) is 9.88 Å². The van der Waals surface area contributed by atoms with Gasteiger partial charge in [-0.1, -0.05) is 29.8 Å². The summed E-state index contributed by atoms with van der Waals surface area (Å²) >= 11 is 0. The molecule has 2 aromatic rings. The molecule has 0 bridgehead atoms. The molecule has 0 aliphatic heterocycles. The second-order valence-corrected chi connectivity index (χ2v) is 7.27. The van der Waals surface area contributed by atoms with Gasteiger partial charge in [-0.05, 0) is 36.8 Å². The van der Waals surface area contributed by atoms with E-state index in [2.05, 4.69) is 15.6 Å². The molecule has 0 radical (unpaired) electrons. The van der Waals surface area contributed by atoms with Gasteiger partial charge in [-0.25, -0.2) is 13.6 Å². The molecule has 9 heteroatoms. The zero-order chi connectivity index (χ0) is 19.0. The molecular formula is C18H25IN4O3S. The Morgan fingerprint density at radius 3 is 2.48 bits per heavy atom. The van der Waals surface area contributed by atoms with Gasteiger partial charge in [-0.3, -0.25) is 4.99 Å². The van der Waals surface area contributed by atoms with Crippen LogP contribution in [0, 0.1) is 6.92 Å². The second kappa shape index (κ2) is 11.1. The van der Waals surface area contributed by atoms with E-state index in [1.165, 1.54) is 17.7 Å². The number of aryl methyl sites for hydroxylation is 1. The molecular weight excluding hydrogens is 479 g/mol. The molecule has 27 heavy (non-hydrogen) atoms. The zero-order valence-electron chi connectivity index (χ0n) is 15.3. The van der Waals surface area contributed by atoms with Crippen molar-refractivity contribution in [3.05, 3.63) is 59.7 Å². The lowest BCUT2D eigenvalue weighted by molar-refractivity contribution is 0.322. The predicted molar refractivity (Wildman–Crippen MR) is 118 cm³/mol. The third kappa shape index (κ3) is 8.14. The minimum atomic E-state index is -3.71. The smallest absolute Gasteiger partial charge is 0.238 e. The Labute approximate surface area is 177 Å². The van der Waals surface area contributed by atoms with Gasteiger partial charge in [-0.15, -0.1) is 24.0 Å². The third-order valence-corrected chi connectivity index (χ3v) is 4.51. The fraction of sp³-hybridized carbons (Fsp3) is 0.278. The minimum Gasteiger partial charge on any atom is -0.492 e. The molecule has 0 amide bonds. The van der Waals surface area contributed by atoms with Crippen LogP contribution in [0.25, 0.3) is 0 Å². The van der Waals surface area contributed by atoms with E-state index in [0.717, 1.165) is 11.3 Å². The number of nitrogens with one attached hydrogen (secondary N) is 2. The Morgan fingerprint density at radius 1 is 1.15 bits per heavy atom. The molecule has 0 atom stereocenters. The summed E-state index contributed by atoms with van der Waals surface area (Å²) in [6.07, 6.45) is 0. The highest BCUT2D eigenvalue weighted by Crippen LogP contribution is 2.11. The van der Waals surface area contributed by atoms with Gasteiger partial charge in [-0.2, -0.15) is 0 Å². The lowest BCUT2D eigenvalue weighted by Gasteiger charge is -2.13. The van der Waals surface area contributed by atoms with Gasteiger partial charge in [0.1, 0.15) is 12.4 Å². The molecule has 7 nitrogen and oxygen atoms in total. The summed E-state index contributed by atoms with van der Waals surface area (Å²) in [5.41, 5.74) is 1.97. The molecule has 148 valence electrons. The van der Waals surface area contributed by atoms with E-state index in [-0.39, 0.29) is 28.9 Å². The average molecular weight is 504 g/mol. The monoisotopic (exact) mass is 504 g/mol. The number of nitrogens with two attached hydrogens (primary N) is 1. The topological polar surface area (TPSA) is 106 Å². The molecule has 0 saturated carbocycles. The summed E-state index contributed by atoms with van der Waals surface area (Å²) in [5, 5.41) is 11.4. The molecule has 0 aromatic heterocycles. The number of aliphatic imine (C=N–C) groups is 1. The Hall–Kier alpha value is -1.85. The maximum atomic E-state index is 11.4. The van der Waals surface area contributed by atoms with Crippen LogP contribution in [0.2, 0.25) is 0 Å². The Morgan fingerprint density at radius 2 is 1.85 bits per heavy atom. The molecule has 0 unspecified atom stereocenters. The highest BCUT2D eigenvalue weighted by atomic mass is 127. The molecule has 2 rings (SSSR count). The maximum Gasteiger partial charge on any atom is 0.238 e. The zero-order valence-corrected chi connectivity index (χ0v) is 18.5. The van der Waals surface area contributed by atoms with Crippen LogP contribution in [0.15, 0.2) is 58.4 Å². The number of rotatable bonds is 7. The standard InChI is InChI=1S/C18H24N4O3S.HI/c1-14-6-8-16(9-7-14)25-11-10-21-18(20-2)22-13-15-4-3-5-17(12-15)26(19,23)24;/h3-9,12H,10-11,13H2,1-2H3,(H2,19,23,24)(H2,20,21,22);1H. The van der Waals surface area contributed by atoms with Crippen molar-refractivity contribution < 1.29 is 13.2 Å². The molecule has 0 aliphatic rings. The van der Waals surface area contributed by atoms with Gasteiger partial charge in [0.05, 0.1) is 11.4 Å². The molecule has 0 spiro atoms. The van der Waals surface area contributed by atoms with E-state index in [9.17, 15) is 8.42 Å². The van der Waals surface area contributed by atoms with E-state index in [0.29, 0.717) is 25.7 Å². The van der Waals surface area contributed by atoms with Crippen LogP contribution in [0.4, 0.5) is 0 Å². The quantitative estimate of drug-likeness (QED) is 0.232. The lowest BCUT2D eigenvalue weighted by atomic mass is 10.2. The average Bonchev–Trinajstić information content (AvgIpc) is 2.62. The molecule has 0 heterocycles. The Bertz CT molecular complexity index is 855. The third-order valence-electron chi connectivity index (χ3n) is 3.59. The number of guanidine groups is 1. The van der Waals surface area contributed by atoms with Crippen LogP contribution < -0.4 is 20.5 Å². The number of sulfonamides is 1. The normalized spacial score (nSPS) is 11.4. The first-order valence-electron chi connectivity index (χ1n) is 8.14. The Kier molecular flexibility index (Phi) is 9.53. The van der Waals surface area contributed by atoms with E-state index < -0.39 is 10.0 Å². The summed E-state index contributed by atoms with van der Waals surface area (Å²) in [4.78, 5) is 4.22. The lowest BCUT2D eigenvalue weighted by Crippen LogP contribution is -2.38. The summed E-state index contributed by atoms with van der Waals surface area (Å²) in [7, 11) is -2.04. The van der Waals surface area contributed by atoms with Crippen molar-refractivity contribution in [2.75, 3.05) is 20.2 Å². The van der Waals surface area contributed by atoms with Crippen molar-refractivity contribution in [1.29, 1.82) is 0 Å². The van der Waals surface area contributed by atoms with Crippen LogP contribution in [0.3, 0.4) is 0 Å². The molecule has 0 fully saturated rings. The number of halogens is 1. The number of hydrogen-bond donors (Lipinski definition) is 3. The van der Waals surface area contributed by atoms with Crippen molar-refractivity contribution in [3.8, 4) is 5.75 Å². The summed E-state index contributed by atoms with van der Waals surface area (Å²) in [6, 6.07) is 14.3. The number of ether oxygens (including phenoxy) is 1. The first-order chi connectivity index (χ1) is 12.4. The van der Waals surface area contributed by atoms with E-state index >= 15 is 0 Å². The predicted octanol–water partition coefficient (Wildman–Crippen LogP) is 2.00. The molecule has 0 aliphatic carbocycles. The number of primary sulfonamides is 1. The van der Waals surface area contributed by atoms with E-state index in [1.807, 2.05) is 37.3 Å². The van der Waals surface area contributed by atoms with Crippen molar-refractivity contribution >= 4 is 40.0 Å². The SMILES string of the molecule is CN=C(NCCOc1ccc(C)cc1)NCc1cccc(S(N)(=O)=O)c1.I. The fourth-order valence-corrected chi connectivity index (χ4v) is 2.80. The number of hydrogen-bond acceptors (Lipinski definition) is 4. The first-order valence-corrected chi connectivity index (χ1v) is 9.69. The fourth-order valence-electron chi connectivity index (χ4n) is 2.21. The van der Waals surface area contributed by atoms with Crippen molar-refractivity contribution in [1.82, 2.24) is 10.6 Å². The van der Waals surface area contributed by atoms with Crippen LogP contribution >= 0.6 is 24.0 Å². The Balaban J connectivity index is 0.00000364. The molecule has 2 aromatic carbocycles. The first kappa shape index (κ1) is 23.2. The maximum absolute atomic E-state index is 11.4. The summed E-state index contributed by atoms with van der Waals surface area (Å²) < 4.78 is 28.4. The van der Waals surface area contributed by atoms with Gasteiger partial charge in [0, 0.05) is 13.6 Å². The molecule has 4 N–H and O–H groups in total. The summed E-state index contributed by atoms with van der Waals surface area (Å²) in [5.74, 6) is 1.42. The van der Waals surface area contributed by atoms with Gasteiger partial charge in [0.15, 0.2) is 5.96 Å². The second-order valence-electron chi connectivity index (χ2n) is 5.71. The van der Waals surface area contributed by atoms with Crippen molar-refractivity contribution in [3.63, 3.8) is 0 Å². The highest BCUT2D eigenvalue weighted by Gasteiger charge is 2.08. The van der Waals surface area contributed by atoms with Crippen molar-refractivity contribution in [2.24, 2.45) is 10.1 Å². The molecule has 0 saturated heterocycles. The van der Waals surface area contributed by atoms with Crippen LogP contribution in [-0.2, 0) is 16.6 Å². The highest BCUT2D eigenvalue weighted by molar-refractivity contribution is 14.0. The van der Waals surface area contributed by atoms with E-state index in [1.54, 1.807) is 13.1 Å². The minimum absolute atomic E-state index is 0. The largest absolute Gasteiger partial charge is 0.492 e. The summed E-state index contributed by atoms with van der Waals surface area (Å²) in [6.45, 7) is 3.51. The van der Waals surface area contributed by atoms with Gasteiger partial charge >= 0.3 is 0 Å².